The van der Waals surface area contributed by atoms with Gasteiger partial charge in [-0.2, -0.15) is 0 Å². The van der Waals surface area contributed by atoms with Crippen LogP contribution in [0.25, 0.3) is 0 Å². The van der Waals surface area contributed by atoms with Crippen LogP contribution >= 0.6 is 0 Å². The fourth-order valence-corrected chi connectivity index (χ4v) is 3.85. The van der Waals surface area contributed by atoms with Gasteiger partial charge in [-0.3, -0.25) is 14.5 Å². The van der Waals surface area contributed by atoms with Gasteiger partial charge in [-0.1, -0.05) is 19.1 Å². The van der Waals surface area contributed by atoms with Crippen molar-refractivity contribution in [3.63, 3.8) is 0 Å². The smallest absolute Gasteiger partial charge is 0.325 e. The van der Waals surface area contributed by atoms with Gasteiger partial charge in [0, 0.05) is 19.1 Å². The van der Waals surface area contributed by atoms with Crippen LogP contribution in [0.2, 0.25) is 0 Å². The van der Waals surface area contributed by atoms with Crippen molar-refractivity contribution < 1.29 is 18.8 Å². The van der Waals surface area contributed by atoms with Gasteiger partial charge in [-0.05, 0) is 43.4 Å². The van der Waals surface area contributed by atoms with Crippen molar-refractivity contribution >= 4 is 17.8 Å². The molecule has 0 saturated carbocycles. The molecule has 2 aliphatic heterocycles. The summed E-state index contributed by atoms with van der Waals surface area (Å²) in [5.74, 6) is -0.759. The molecule has 2 fully saturated rings. The van der Waals surface area contributed by atoms with Crippen LogP contribution in [-0.2, 0) is 15.1 Å². The summed E-state index contributed by atoms with van der Waals surface area (Å²) in [6.45, 7) is 4.27. The van der Waals surface area contributed by atoms with Crippen LogP contribution < -0.4 is 11.1 Å². The summed E-state index contributed by atoms with van der Waals surface area (Å²) in [7, 11) is 0. The Kier molecular flexibility index (Phi) is 5.19. The molecule has 7 nitrogen and oxygen atoms in total. The number of nitrogens with zero attached hydrogens (tertiary/aromatic N) is 2. The van der Waals surface area contributed by atoms with Crippen LogP contribution in [0.1, 0.15) is 32.3 Å². The lowest BCUT2D eigenvalue weighted by Gasteiger charge is -2.38. The number of urea groups is 1. The second-order valence-corrected chi connectivity index (χ2v) is 7.56. The molecule has 3 atom stereocenters. The summed E-state index contributed by atoms with van der Waals surface area (Å²) >= 11 is 0. The molecule has 1 aromatic carbocycles. The second-order valence-electron chi connectivity index (χ2n) is 7.56. The maximum Gasteiger partial charge on any atom is 0.325 e. The quantitative estimate of drug-likeness (QED) is 0.772. The standard InChI is InChI=1S/C19H25FN4O3/c1-12-7-8-23(15(9-12)10-21)16(25)11-24-17(26)19(2,22-18(24)27)13-3-5-14(20)6-4-13/h3-6,12,15H,7-11,21H2,1-2H3,(H,22,27). The highest BCUT2D eigenvalue weighted by Crippen LogP contribution is 2.29. The van der Waals surface area contributed by atoms with Gasteiger partial charge >= 0.3 is 6.03 Å². The molecule has 0 bridgehead atoms. The van der Waals surface area contributed by atoms with E-state index in [1.165, 1.54) is 24.3 Å². The molecule has 2 aliphatic rings. The zero-order valence-electron chi connectivity index (χ0n) is 15.6. The molecule has 0 aromatic heterocycles. The fraction of sp³-hybridized carbons (Fsp3) is 0.526. The van der Waals surface area contributed by atoms with E-state index in [2.05, 4.69) is 12.2 Å². The molecule has 0 radical (unpaired) electrons. The first-order chi connectivity index (χ1) is 12.8. The van der Waals surface area contributed by atoms with Gasteiger partial charge in [0.2, 0.25) is 5.91 Å². The van der Waals surface area contributed by atoms with E-state index in [9.17, 15) is 18.8 Å². The third kappa shape index (κ3) is 3.53. The Morgan fingerprint density at radius 1 is 1.33 bits per heavy atom. The number of halogens is 1. The average Bonchev–Trinajstić information content (AvgIpc) is 2.86. The first kappa shape index (κ1) is 19.3. The van der Waals surface area contributed by atoms with Gasteiger partial charge in [-0.15, -0.1) is 0 Å². The molecule has 2 saturated heterocycles. The van der Waals surface area contributed by atoms with Crippen molar-refractivity contribution in [2.24, 2.45) is 11.7 Å². The maximum atomic E-state index is 13.2. The van der Waals surface area contributed by atoms with E-state index in [0.29, 0.717) is 24.6 Å². The van der Waals surface area contributed by atoms with Crippen LogP contribution in [-0.4, -0.2) is 53.3 Å². The third-order valence-corrected chi connectivity index (χ3v) is 5.56. The van der Waals surface area contributed by atoms with Crippen molar-refractivity contribution in [1.29, 1.82) is 0 Å². The van der Waals surface area contributed by atoms with E-state index in [1.807, 2.05) is 0 Å². The largest absolute Gasteiger partial charge is 0.337 e. The molecular formula is C19H25FN4O3. The summed E-state index contributed by atoms with van der Waals surface area (Å²) in [5.41, 5.74) is 4.94. The van der Waals surface area contributed by atoms with Crippen molar-refractivity contribution in [2.45, 2.75) is 38.3 Å². The first-order valence-corrected chi connectivity index (χ1v) is 9.16. The van der Waals surface area contributed by atoms with E-state index >= 15 is 0 Å². The second kappa shape index (κ2) is 7.26. The Balaban J connectivity index is 1.75. The van der Waals surface area contributed by atoms with Crippen LogP contribution in [0.5, 0.6) is 0 Å². The Morgan fingerprint density at radius 2 is 2.00 bits per heavy atom. The Labute approximate surface area is 157 Å². The van der Waals surface area contributed by atoms with Crippen LogP contribution in [0.3, 0.4) is 0 Å². The lowest BCUT2D eigenvalue weighted by atomic mass is 9.91. The summed E-state index contributed by atoms with van der Waals surface area (Å²) in [4.78, 5) is 40.6. The molecule has 0 spiro atoms. The number of hydrogen-bond donors (Lipinski definition) is 2. The molecule has 27 heavy (non-hydrogen) atoms. The van der Waals surface area contributed by atoms with Gasteiger partial charge in [0.25, 0.3) is 5.91 Å². The average molecular weight is 376 g/mol. The van der Waals surface area contributed by atoms with Crippen molar-refractivity contribution in [3.05, 3.63) is 35.6 Å². The van der Waals surface area contributed by atoms with Gasteiger partial charge in [-0.25, -0.2) is 9.18 Å². The van der Waals surface area contributed by atoms with Gasteiger partial charge in [0.05, 0.1) is 0 Å². The van der Waals surface area contributed by atoms with Crippen LogP contribution in [0.4, 0.5) is 9.18 Å². The Hall–Kier alpha value is -2.48. The van der Waals surface area contributed by atoms with Crippen LogP contribution in [0, 0.1) is 11.7 Å². The summed E-state index contributed by atoms with van der Waals surface area (Å²) < 4.78 is 13.2. The van der Waals surface area contributed by atoms with Crippen LogP contribution in [0.15, 0.2) is 24.3 Å². The zero-order valence-corrected chi connectivity index (χ0v) is 15.6. The highest BCUT2D eigenvalue weighted by Gasteiger charge is 2.50. The number of carbonyl (C=O) groups excluding carboxylic acids is 3. The van der Waals surface area contributed by atoms with Crippen molar-refractivity contribution in [2.75, 3.05) is 19.6 Å². The van der Waals surface area contributed by atoms with Gasteiger partial charge < -0.3 is 16.0 Å². The number of likely N-dealkylation sites (tertiary alicyclic amines) is 1. The minimum absolute atomic E-state index is 0.0782. The number of benzene rings is 1. The number of imide groups is 1. The molecule has 3 unspecified atom stereocenters. The molecule has 2 heterocycles. The molecule has 0 aliphatic carbocycles. The molecule has 4 amide bonds. The monoisotopic (exact) mass is 376 g/mol. The number of piperidine rings is 1. The number of carbonyl (C=O) groups is 3. The minimum Gasteiger partial charge on any atom is -0.337 e. The van der Waals surface area contributed by atoms with Crippen molar-refractivity contribution in [3.8, 4) is 0 Å². The molecule has 8 heteroatoms. The summed E-state index contributed by atoms with van der Waals surface area (Å²) in [5, 5.41) is 2.63. The van der Waals surface area contributed by atoms with E-state index in [4.69, 9.17) is 5.73 Å². The predicted molar refractivity (Wildman–Crippen MR) is 97.0 cm³/mol. The molecule has 3 N–H and O–H groups in total. The highest BCUT2D eigenvalue weighted by molar-refractivity contribution is 6.09. The zero-order chi connectivity index (χ0) is 19.8. The number of nitrogens with one attached hydrogen (secondary N) is 1. The van der Waals surface area contributed by atoms with Gasteiger partial charge in [0.1, 0.15) is 17.9 Å². The third-order valence-electron chi connectivity index (χ3n) is 5.56. The number of hydrogen-bond acceptors (Lipinski definition) is 4. The molecule has 1 aromatic rings. The first-order valence-electron chi connectivity index (χ1n) is 9.16. The van der Waals surface area contributed by atoms with E-state index < -0.39 is 23.3 Å². The van der Waals surface area contributed by atoms with Gasteiger partial charge in [0.15, 0.2) is 0 Å². The SMILES string of the molecule is CC1CCN(C(=O)CN2C(=O)NC(C)(c3ccc(F)cc3)C2=O)C(CN)C1. The molecule has 3 rings (SSSR count). The Morgan fingerprint density at radius 3 is 2.63 bits per heavy atom. The molecular weight excluding hydrogens is 351 g/mol. The Bertz CT molecular complexity index is 754. The normalized spacial score (nSPS) is 28.4. The minimum atomic E-state index is -1.32. The summed E-state index contributed by atoms with van der Waals surface area (Å²) in [6, 6.07) is 4.66. The fourth-order valence-electron chi connectivity index (χ4n) is 3.85. The van der Waals surface area contributed by atoms with E-state index in [0.717, 1.165) is 17.7 Å². The predicted octanol–water partition coefficient (Wildman–Crippen LogP) is 1.18. The number of amides is 4. The highest BCUT2D eigenvalue weighted by atomic mass is 19.1. The van der Waals surface area contributed by atoms with E-state index in [-0.39, 0.29) is 18.5 Å². The topological polar surface area (TPSA) is 95.7 Å². The summed E-state index contributed by atoms with van der Waals surface area (Å²) in [6.07, 6.45) is 1.69. The van der Waals surface area contributed by atoms with Crippen molar-refractivity contribution in [1.82, 2.24) is 15.1 Å². The number of rotatable bonds is 4. The molecule has 146 valence electrons. The van der Waals surface area contributed by atoms with E-state index in [1.54, 1.807) is 11.8 Å². The maximum absolute atomic E-state index is 13.2. The number of nitrogens with two attached hydrogens (primary N) is 1. The lowest BCUT2D eigenvalue weighted by molar-refractivity contribution is -0.141. The lowest BCUT2D eigenvalue weighted by Crippen LogP contribution is -2.53.